The third-order valence-corrected chi connectivity index (χ3v) is 5.56. The molecule has 0 spiro atoms. The minimum absolute atomic E-state index is 0.0472. The number of hydrogen-bond acceptors (Lipinski definition) is 5. The van der Waals surface area contributed by atoms with Gasteiger partial charge in [-0.3, -0.25) is 9.59 Å². The molecule has 1 saturated carbocycles. The van der Waals surface area contributed by atoms with Gasteiger partial charge in [-0.05, 0) is 51.4 Å². The van der Waals surface area contributed by atoms with E-state index < -0.39 is 24.0 Å². The Labute approximate surface area is 181 Å². The van der Waals surface area contributed by atoms with E-state index in [4.69, 9.17) is 5.11 Å². The fraction of sp³-hybridized carbons (Fsp3) is 0.640. The highest BCUT2D eigenvalue weighted by molar-refractivity contribution is 6.34. The van der Waals surface area contributed by atoms with Gasteiger partial charge in [0.1, 0.15) is 5.78 Å². The van der Waals surface area contributed by atoms with Crippen molar-refractivity contribution in [3.8, 4) is 0 Å². The molecule has 0 amide bonds. The first-order valence-electron chi connectivity index (χ1n) is 11.3. The molecular weight excluding hydrogens is 380 g/mol. The maximum Gasteiger partial charge on any atom is 0.377 e. The van der Waals surface area contributed by atoms with E-state index in [1.54, 1.807) is 0 Å². The first-order chi connectivity index (χ1) is 14.4. The summed E-state index contributed by atoms with van der Waals surface area (Å²) in [7, 11) is 0. The molecule has 0 heterocycles. The molecular formula is C25H38O5. The molecule has 0 aromatic rings. The molecule has 4 atom stereocenters. The Bertz CT molecular complexity index is 617. The van der Waals surface area contributed by atoms with Crippen LogP contribution in [0.2, 0.25) is 0 Å². The van der Waals surface area contributed by atoms with E-state index in [2.05, 4.69) is 30.4 Å². The predicted molar refractivity (Wildman–Crippen MR) is 119 cm³/mol. The second kappa shape index (κ2) is 14.9. The molecule has 1 aliphatic carbocycles. The van der Waals surface area contributed by atoms with E-state index in [1.165, 1.54) is 38.7 Å². The topological polar surface area (TPSA) is 80.7 Å². The number of aliphatic hydroxyl groups is 1. The summed E-state index contributed by atoms with van der Waals surface area (Å²) in [4.78, 5) is 35.9. The van der Waals surface area contributed by atoms with E-state index in [-0.39, 0.29) is 5.92 Å². The van der Waals surface area contributed by atoms with Crippen LogP contribution in [0.5, 0.6) is 0 Å². The number of rotatable bonds is 15. The van der Waals surface area contributed by atoms with E-state index in [9.17, 15) is 14.4 Å². The summed E-state index contributed by atoms with van der Waals surface area (Å²) in [5, 5.41) is 9.06. The Morgan fingerprint density at radius 2 is 1.97 bits per heavy atom. The summed E-state index contributed by atoms with van der Waals surface area (Å²) in [5.74, 6) is -1.68. The van der Waals surface area contributed by atoms with Crippen molar-refractivity contribution in [2.75, 3.05) is 0 Å². The van der Waals surface area contributed by atoms with Crippen molar-refractivity contribution in [2.24, 2.45) is 17.8 Å². The number of Topliss-reactive ketones (excluding diaryl/α,β-unsaturated/α-hetero) is 2. The van der Waals surface area contributed by atoms with Gasteiger partial charge in [-0.2, -0.15) is 0 Å². The summed E-state index contributed by atoms with van der Waals surface area (Å²) in [5.41, 5.74) is 0. The second-order valence-electron chi connectivity index (χ2n) is 8.05. The van der Waals surface area contributed by atoms with Gasteiger partial charge < -0.3 is 9.84 Å². The fourth-order valence-corrected chi connectivity index (χ4v) is 3.79. The number of hydrogen-bond donors (Lipinski definition) is 1. The van der Waals surface area contributed by atoms with Crippen molar-refractivity contribution in [2.45, 2.75) is 84.3 Å². The molecule has 0 aliphatic heterocycles. The normalized spacial score (nSPS) is 21.2. The predicted octanol–water partition coefficient (Wildman–Crippen LogP) is 5.09. The molecule has 1 rings (SSSR count). The number of ketones is 2. The van der Waals surface area contributed by atoms with Gasteiger partial charge in [0.15, 0.2) is 6.29 Å². The summed E-state index contributed by atoms with van der Waals surface area (Å²) in [6, 6.07) is 0. The third-order valence-electron chi connectivity index (χ3n) is 5.56. The van der Waals surface area contributed by atoms with Crippen LogP contribution in [-0.2, 0) is 19.1 Å². The first kappa shape index (κ1) is 26.0. The zero-order chi connectivity index (χ0) is 22.4. The highest BCUT2D eigenvalue weighted by Gasteiger charge is 2.31. The molecule has 2 unspecified atom stereocenters. The average Bonchev–Trinajstić information content (AvgIpc) is 3.06. The smallest absolute Gasteiger partial charge is 0.377 e. The molecule has 5 nitrogen and oxygen atoms in total. The standard InChI is InChI=1S/C25H38O5/c1-4-6-7-8-9-11-15-21-17-18-23(27)22(21)16-13-10-12-14-20(5-2)24(28)25(29)30-19(3)26/h5,10-11,13,15,19-22,26H,2,4,6-9,12,14,16-18H2,1,3H3/t19?,20?,21-,22+/m0/s1. The summed E-state index contributed by atoms with van der Waals surface area (Å²) >= 11 is 0. The first-order valence-corrected chi connectivity index (χ1v) is 11.3. The van der Waals surface area contributed by atoms with Crippen LogP contribution in [0.15, 0.2) is 37.0 Å². The zero-order valence-electron chi connectivity index (χ0n) is 18.6. The minimum Gasteiger partial charge on any atom is -0.431 e. The van der Waals surface area contributed by atoms with Crippen LogP contribution in [-0.4, -0.2) is 28.9 Å². The Hall–Kier alpha value is -2.01. The van der Waals surface area contributed by atoms with Crippen LogP contribution < -0.4 is 0 Å². The van der Waals surface area contributed by atoms with Crippen LogP contribution in [0.1, 0.15) is 78.1 Å². The summed E-state index contributed by atoms with van der Waals surface area (Å²) in [6.07, 6.45) is 18.0. The number of allylic oxidation sites excluding steroid dienone is 5. The molecule has 1 N–H and O–H groups in total. The van der Waals surface area contributed by atoms with Gasteiger partial charge in [0, 0.05) is 18.3 Å². The SMILES string of the molecule is C=CC(CCC=CC[C@H]1C(=O)CC[C@@H]1C=CCCCCCC)C(=O)C(=O)OC(C)O. The molecule has 0 aromatic carbocycles. The lowest BCUT2D eigenvalue weighted by Crippen LogP contribution is -2.27. The second-order valence-corrected chi connectivity index (χ2v) is 8.05. The Morgan fingerprint density at radius 1 is 1.20 bits per heavy atom. The number of unbranched alkanes of at least 4 members (excludes halogenated alkanes) is 4. The zero-order valence-corrected chi connectivity index (χ0v) is 18.6. The lowest BCUT2D eigenvalue weighted by atomic mass is 9.91. The van der Waals surface area contributed by atoms with Crippen LogP contribution in [0.4, 0.5) is 0 Å². The van der Waals surface area contributed by atoms with Gasteiger partial charge in [0.05, 0.1) is 0 Å². The highest BCUT2D eigenvalue weighted by Crippen LogP contribution is 2.33. The Kier molecular flexibility index (Phi) is 12.9. The maximum atomic E-state index is 12.2. The van der Waals surface area contributed by atoms with Gasteiger partial charge in [-0.1, -0.05) is 56.6 Å². The number of aliphatic hydroxyl groups excluding tert-OH is 1. The van der Waals surface area contributed by atoms with Crippen LogP contribution >= 0.6 is 0 Å². The number of ether oxygens (including phenoxy) is 1. The van der Waals surface area contributed by atoms with Crippen molar-refractivity contribution in [3.05, 3.63) is 37.0 Å². The quantitative estimate of drug-likeness (QED) is 0.132. The molecule has 1 aliphatic rings. The van der Waals surface area contributed by atoms with E-state index >= 15 is 0 Å². The lowest BCUT2D eigenvalue weighted by Gasteiger charge is -2.13. The van der Waals surface area contributed by atoms with Crippen molar-refractivity contribution in [1.29, 1.82) is 0 Å². The van der Waals surface area contributed by atoms with Crippen molar-refractivity contribution in [1.82, 2.24) is 0 Å². The molecule has 0 saturated heterocycles. The van der Waals surface area contributed by atoms with Crippen molar-refractivity contribution in [3.63, 3.8) is 0 Å². The maximum absolute atomic E-state index is 12.2. The van der Waals surface area contributed by atoms with Crippen molar-refractivity contribution < 1.29 is 24.2 Å². The number of carbonyl (C=O) groups is 3. The molecule has 0 radical (unpaired) electrons. The van der Waals surface area contributed by atoms with E-state index in [0.717, 1.165) is 12.8 Å². The van der Waals surface area contributed by atoms with E-state index in [1.807, 2.05) is 12.2 Å². The summed E-state index contributed by atoms with van der Waals surface area (Å²) < 4.78 is 4.53. The molecule has 168 valence electrons. The average molecular weight is 419 g/mol. The van der Waals surface area contributed by atoms with Crippen LogP contribution in [0.25, 0.3) is 0 Å². The van der Waals surface area contributed by atoms with Crippen LogP contribution in [0, 0.1) is 17.8 Å². The molecule has 0 bridgehead atoms. The summed E-state index contributed by atoms with van der Waals surface area (Å²) in [6.45, 7) is 7.09. The van der Waals surface area contributed by atoms with Gasteiger partial charge in [0.25, 0.3) is 0 Å². The van der Waals surface area contributed by atoms with E-state index in [0.29, 0.717) is 37.4 Å². The number of esters is 1. The van der Waals surface area contributed by atoms with Gasteiger partial charge in [-0.15, -0.1) is 6.58 Å². The molecule has 0 aromatic heterocycles. The third kappa shape index (κ3) is 9.66. The Morgan fingerprint density at radius 3 is 2.63 bits per heavy atom. The number of carbonyl (C=O) groups excluding carboxylic acids is 3. The monoisotopic (exact) mass is 418 g/mol. The lowest BCUT2D eigenvalue weighted by molar-refractivity contribution is -0.171. The Balaban J connectivity index is 2.42. The minimum atomic E-state index is -1.31. The highest BCUT2D eigenvalue weighted by atomic mass is 16.6. The largest absolute Gasteiger partial charge is 0.431 e. The van der Waals surface area contributed by atoms with Gasteiger partial charge in [0.2, 0.25) is 5.78 Å². The van der Waals surface area contributed by atoms with Crippen molar-refractivity contribution >= 4 is 17.5 Å². The molecule has 30 heavy (non-hydrogen) atoms. The van der Waals surface area contributed by atoms with Gasteiger partial charge >= 0.3 is 5.97 Å². The van der Waals surface area contributed by atoms with Crippen LogP contribution in [0.3, 0.4) is 0 Å². The fourth-order valence-electron chi connectivity index (χ4n) is 3.79. The molecule has 1 fully saturated rings. The molecule has 5 heteroatoms. The van der Waals surface area contributed by atoms with Gasteiger partial charge in [-0.25, -0.2) is 4.79 Å².